The van der Waals surface area contributed by atoms with Crippen LogP contribution < -0.4 is 10.6 Å². The summed E-state index contributed by atoms with van der Waals surface area (Å²) in [7, 11) is 0. The standard InChI is InChI=1S/C18H17N7/c1-13(14-5-3-2-4-6-14)19-15-7-9-16(10-8-15)20-17-11-12-18-21-23-24-25(18)22-17/h2-13,19H,1H3,(H,20,22)/t13-/m1/s1. The van der Waals surface area contributed by atoms with E-state index in [1.165, 1.54) is 10.2 Å². The molecule has 4 aromatic rings. The van der Waals surface area contributed by atoms with Crippen molar-refractivity contribution in [3.05, 3.63) is 72.3 Å². The van der Waals surface area contributed by atoms with Crippen molar-refractivity contribution in [2.24, 2.45) is 0 Å². The number of hydrogen-bond donors (Lipinski definition) is 2. The van der Waals surface area contributed by atoms with Gasteiger partial charge in [0.1, 0.15) is 0 Å². The van der Waals surface area contributed by atoms with Crippen LogP contribution in [-0.2, 0) is 0 Å². The molecule has 2 aromatic heterocycles. The molecule has 0 saturated carbocycles. The lowest BCUT2D eigenvalue weighted by atomic mass is 10.1. The van der Waals surface area contributed by atoms with E-state index in [9.17, 15) is 0 Å². The largest absolute Gasteiger partial charge is 0.379 e. The van der Waals surface area contributed by atoms with Crippen LogP contribution in [0, 0.1) is 0 Å². The van der Waals surface area contributed by atoms with Gasteiger partial charge in [-0.3, -0.25) is 0 Å². The number of fused-ring (bicyclic) bond motifs is 1. The lowest BCUT2D eigenvalue weighted by molar-refractivity contribution is 0.736. The van der Waals surface area contributed by atoms with Gasteiger partial charge in [0.05, 0.1) is 0 Å². The molecule has 2 N–H and O–H groups in total. The molecule has 0 aliphatic rings. The molecule has 4 rings (SSSR count). The van der Waals surface area contributed by atoms with E-state index in [4.69, 9.17) is 0 Å². The summed E-state index contributed by atoms with van der Waals surface area (Å²) >= 11 is 0. The lowest BCUT2D eigenvalue weighted by Crippen LogP contribution is -2.06. The Morgan fingerprint density at radius 3 is 2.44 bits per heavy atom. The van der Waals surface area contributed by atoms with E-state index in [1.807, 2.05) is 42.5 Å². The highest BCUT2D eigenvalue weighted by Gasteiger charge is 2.05. The maximum Gasteiger partial charge on any atom is 0.200 e. The molecule has 1 atom stereocenters. The second-order valence-corrected chi connectivity index (χ2v) is 5.72. The van der Waals surface area contributed by atoms with Gasteiger partial charge in [-0.1, -0.05) is 30.3 Å². The fraction of sp³-hybridized carbons (Fsp3) is 0.111. The quantitative estimate of drug-likeness (QED) is 0.583. The summed E-state index contributed by atoms with van der Waals surface area (Å²) in [4.78, 5) is 0. The van der Waals surface area contributed by atoms with E-state index in [-0.39, 0.29) is 6.04 Å². The monoisotopic (exact) mass is 331 g/mol. The Balaban J connectivity index is 1.44. The molecular formula is C18H17N7. The average Bonchev–Trinajstić information content (AvgIpc) is 3.12. The van der Waals surface area contributed by atoms with Crippen molar-refractivity contribution in [1.29, 1.82) is 0 Å². The van der Waals surface area contributed by atoms with Crippen LogP contribution in [0.15, 0.2) is 66.7 Å². The Kier molecular flexibility index (Phi) is 3.96. The molecule has 2 heterocycles. The molecule has 0 bridgehead atoms. The Bertz CT molecular complexity index is 964. The van der Waals surface area contributed by atoms with Crippen LogP contribution in [0.5, 0.6) is 0 Å². The van der Waals surface area contributed by atoms with Gasteiger partial charge in [-0.25, -0.2) is 0 Å². The Hall–Kier alpha value is -3.48. The zero-order valence-electron chi connectivity index (χ0n) is 13.7. The number of rotatable bonds is 5. The second-order valence-electron chi connectivity index (χ2n) is 5.72. The van der Waals surface area contributed by atoms with Crippen LogP contribution in [0.4, 0.5) is 17.2 Å². The Labute approximate surface area is 144 Å². The van der Waals surface area contributed by atoms with Gasteiger partial charge >= 0.3 is 0 Å². The molecule has 0 aliphatic heterocycles. The number of tetrazole rings is 1. The number of aromatic nitrogens is 5. The van der Waals surface area contributed by atoms with Crippen molar-refractivity contribution in [3.8, 4) is 0 Å². The van der Waals surface area contributed by atoms with E-state index in [0.717, 1.165) is 11.4 Å². The van der Waals surface area contributed by atoms with Gasteiger partial charge in [0.25, 0.3) is 0 Å². The number of benzene rings is 2. The van der Waals surface area contributed by atoms with Crippen LogP contribution in [0.1, 0.15) is 18.5 Å². The van der Waals surface area contributed by atoms with E-state index in [0.29, 0.717) is 11.5 Å². The van der Waals surface area contributed by atoms with Crippen LogP contribution >= 0.6 is 0 Å². The van der Waals surface area contributed by atoms with Gasteiger partial charge in [0, 0.05) is 17.4 Å². The highest BCUT2D eigenvalue weighted by molar-refractivity contribution is 5.60. The number of nitrogens with one attached hydrogen (secondary N) is 2. The summed E-state index contributed by atoms with van der Waals surface area (Å²) in [5, 5.41) is 22.2. The number of nitrogens with zero attached hydrogens (tertiary/aromatic N) is 5. The minimum Gasteiger partial charge on any atom is -0.379 e. The lowest BCUT2D eigenvalue weighted by Gasteiger charge is -2.16. The van der Waals surface area contributed by atoms with Gasteiger partial charge in [0.2, 0.25) is 0 Å². The maximum absolute atomic E-state index is 4.29. The van der Waals surface area contributed by atoms with Crippen LogP contribution in [0.3, 0.4) is 0 Å². The summed E-state index contributed by atoms with van der Waals surface area (Å²) in [6, 6.07) is 22.3. The zero-order valence-corrected chi connectivity index (χ0v) is 13.7. The first-order chi connectivity index (χ1) is 12.3. The molecule has 0 aliphatic carbocycles. The van der Waals surface area contributed by atoms with Gasteiger partial charge in [0.15, 0.2) is 11.5 Å². The molecule has 0 radical (unpaired) electrons. The van der Waals surface area contributed by atoms with E-state index < -0.39 is 0 Å². The molecule has 0 unspecified atom stereocenters. The molecule has 0 amide bonds. The molecule has 124 valence electrons. The highest BCUT2D eigenvalue weighted by atomic mass is 15.6. The smallest absolute Gasteiger partial charge is 0.200 e. The van der Waals surface area contributed by atoms with Crippen LogP contribution in [0.25, 0.3) is 5.65 Å². The molecule has 25 heavy (non-hydrogen) atoms. The first-order valence-electron chi connectivity index (χ1n) is 8.02. The summed E-state index contributed by atoms with van der Waals surface area (Å²) in [6.07, 6.45) is 0. The fourth-order valence-corrected chi connectivity index (χ4v) is 2.59. The molecule has 0 spiro atoms. The first kappa shape index (κ1) is 15.1. The zero-order chi connectivity index (χ0) is 17.1. The van der Waals surface area contributed by atoms with Crippen molar-refractivity contribution in [3.63, 3.8) is 0 Å². The van der Waals surface area contributed by atoms with Gasteiger partial charge < -0.3 is 10.6 Å². The topological polar surface area (TPSA) is 80.0 Å². The minimum atomic E-state index is 0.240. The molecule has 0 saturated heterocycles. The fourth-order valence-electron chi connectivity index (χ4n) is 2.59. The normalized spacial score (nSPS) is 12.0. The molecule has 0 fully saturated rings. The van der Waals surface area contributed by atoms with Crippen molar-refractivity contribution in [2.45, 2.75) is 13.0 Å². The first-order valence-corrected chi connectivity index (χ1v) is 8.02. The summed E-state index contributed by atoms with van der Waals surface area (Å²) in [6.45, 7) is 2.15. The SMILES string of the molecule is C[C@@H](Nc1ccc(Nc2ccc3nnnn3n2)cc1)c1ccccc1. The number of anilines is 3. The van der Waals surface area contributed by atoms with Crippen molar-refractivity contribution >= 4 is 22.8 Å². The Morgan fingerprint density at radius 2 is 1.64 bits per heavy atom. The van der Waals surface area contributed by atoms with Crippen molar-refractivity contribution in [2.75, 3.05) is 10.6 Å². The molecular weight excluding hydrogens is 314 g/mol. The van der Waals surface area contributed by atoms with Crippen molar-refractivity contribution < 1.29 is 0 Å². The third-order valence-electron chi connectivity index (χ3n) is 3.91. The van der Waals surface area contributed by atoms with Crippen LogP contribution in [-0.4, -0.2) is 25.3 Å². The van der Waals surface area contributed by atoms with Gasteiger partial charge in [-0.15, -0.1) is 14.8 Å². The third kappa shape index (κ3) is 3.40. The highest BCUT2D eigenvalue weighted by Crippen LogP contribution is 2.22. The summed E-state index contributed by atoms with van der Waals surface area (Å²) < 4.78 is 1.39. The van der Waals surface area contributed by atoms with E-state index >= 15 is 0 Å². The number of hydrogen-bond acceptors (Lipinski definition) is 6. The molecule has 7 heteroatoms. The molecule has 2 aromatic carbocycles. The van der Waals surface area contributed by atoms with Crippen molar-refractivity contribution in [1.82, 2.24) is 25.3 Å². The Morgan fingerprint density at radius 1 is 0.880 bits per heavy atom. The van der Waals surface area contributed by atoms with Crippen LogP contribution in [0.2, 0.25) is 0 Å². The summed E-state index contributed by atoms with van der Waals surface area (Å²) in [5.41, 5.74) is 3.87. The van der Waals surface area contributed by atoms with Gasteiger partial charge in [-0.2, -0.15) is 0 Å². The maximum atomic E-state index is 4.29. The second kappa shape index (κ2) is 6.56. The average molecular weight is 331 g/mol. The predicted octanol–water partition coefficient (Wildman–Crippen LogP) is 3.44. The predicted molar refractivity (Wildman–Crippen MR) is 96.8 cm³/mol. The van der Waals surface area contributed by atoms with E-state index in [2.05, 4.69) is 62.4 Å². The van der Waals surface area contributed by atoms with Gasteiger partial charge in [-0.05, 0) is 59.3 Å². The summed E-state index contributed by atoms with van der Waals surface area (Å²) in [5.74, 6) is 0.679. The minimum absolute atomic E-state index is 0.240. The van der Waals surface area contributed by atoms with E-state index in [1.54, 1.807) is 0 Å². The molecule has 7 nitrogen and oxygen atoms in total. The third-order valence-corrected chi connectivity index (χ3v) is 3.91.